The van der Waals surface area contributed by atoms with Gasteiger partial charge in [-0.25, -0.2) is 4.79 Å². The first-order valence-electron chi connectivity index (χ1n) is 6.15. The van der Waals surface area contributed by atoms with E-state index in [1.54, 1.807) is 0 Å². The Balaban J connectivity index is 2.38. The number of esters is 1. The third-order valence-electron chi connectivity index (χ3n) is 3.40. The van der Waals surface area contributed by atoms with E-state index in [4.69, 9.17) is 9.47 Å². The van der Waals surface area contributed by atoms with Crippen molar-refractivity contribution in [2.75, 3.05) is 26.8 Å². The molecule has 1 aliphatic heterocycles. The van der Waals surface area contributed by atoms with Crippen LogP contribution in [-0.4, -0.2) is 32.8 Å². The number of aryl methyl sites for hydroxylation is 1. The fraction of sp³-hybridized carbons (Fsp3) is 0.500. The smallest absolute Gasteiger partial charge is 0.337 e. The largest absolute Gasteiger partial charge is 0.465 e. The molecule has 0 aromatic heterocycles. The van der Waals surface area contributed by atoms with Gasteiger partial charge in [-0.3, -0.25) is 0 Å². The van der Waals surface area contributed by atoms with E-state index in [2.05, 4.69) is 12.2 Å². The molecule has 1 atom stereocenters. The van der Waals surface area contributed by atoms with Crippen molar-refractivity contribution >= 4 is 5.97 Å². The summed E-state index contributed by atoms with van der Waals surface area (Å²) < 4.78 is 10.5. The van der Waals surface area contributed by atoms with E-state index < -0.39 is 0 Å². The lowest BCUT2D eigenvalue weighted by atomic mass is 9.95. The van der Waals surface area contributed by atoms with E-state index in [9.17, 15) is 4.79 Å². The molecule has 2 rings (SSSR count). The maximum atomic E-state index is 11.6. The first-order chi connectivity index (χ1) is 8.63. The Morgan fingerprint density at radius 1 is 1.44 bits per heavy atom. The summed E-state index contributed by atoms with van der Waals surface area (Å²) in [6.45, 7) is 6.42. The van der Waals surface area contributed by atoms with Crippen LogP contribution in [0.5, 0.6) is 0 Å². The maximum Gasteiger partial charge on any atom is 0.337 e. The van der Waals surface area contributed by atoms with Crippen LogP contribution in [0.25, 0.3) is 0 Å². The summed E-state index contributed by atoms with van der Waals surface area (Å²) in [5.74, 6) is -0.303. The van der Waals surface area contributed by atoms with E-state index in [1.165, 1.54) is 12.7 Å². The third kappa shape index (κ3) is 2.54. The van der Waals surface area contributed by atoms with Gasteiger partial charge in [-0.05, 0) is 42.7 Å². The van der Waals surface area contributed by atoms with Gasteiger partial charge in [-0.1, -0.05) is 0 Å². The predicted octanol–water partition coefficient (Wildman–Crippen LogP) is 1.75. The Labute approximate surface area is 107 Å². The van der Waals surface area contributed by atoms with Crippen molar-refractivity contribution in [1.82, 2.24) is 5.32 Å². The van der Waals surface area contributed by atoms with Crippen molar-refractivity contribution in [2.45, 2.75) is 20.0 Å². The lowest BCUT2D eigenvalue weighted by molar-refractivity contribution is 0.0272. The van der Waals surface area contributed by atoms with Crippen LogP contribution in [0.1, 0.15) is 33.2 Å². The van der Waals surface area contributed by atoms with Gasteiger partial charge < -0.3 is 14.8 Å². The second-order valence-electron chi connectivity index (χ2n) is 4.56. The van der Waals surface area contributed by atoms with Gasteiger partial charge in [0.05, 0.1) is 25.4 Å². The van der Waals surface area contributed by atoms with Crippen molar-refractivity contribution in [2.24, 2.45) is 0 Å². The molecule has 0 saturated carbocycles. The minimum absolute atomic E-state index is 0.0158. The molecule has 0 spiro atoms. The Hall–Kier alpha value is -1.39. The Kier molecular flexibility index (Phi) is 3.99. The number of carbonyl (C=O) groups excluding carboxylic acids is 1. The molecule has 1 aliphatic rings. The van der Waals surface area contributed by atoms with E-state index in [0.717, 1.165) is 24.2 Å². The fourth-order valence-corrected chi connectivity index (χ4v) is 2.22. The van der Waals surface area contributed by atoms with Crippen LogP contribution in [0.15, 0.2) is 12.1 Å². The van der Waals surface area contributed by atoms with Gasteiger partial charge in [0.25, 0.3) is 0 Å². The van der Waals surface area contributed by atoms with Crippen molar-refractivity contribution in [1.29, 1.82) is 0 Å². The van der Waals surface area contributed by atoms with Gasteiger partial charge in [0, 0.05) is 13.1 Å². The van der Waals surface area contributed by atoms with Gasteiger partial charge in [0.1, 0.15) is 0 Å². The second-order valence-corrected chi connectivity index (χ2v) is 4.56. The highest BCUT2D eigenvalue weighted by atomic mass is 16.5. The first kappa shape index (κ1) is 13.1. The molecular formula is C14H19NO3. The molecule has 1 fully saturated rings. The van der Waals surface area contributed by atoms with Crippen molar-refractivity contribution in [3.8, 4) is 0 Å². The molecule has 4 nitrogen and oxygen atoms in total. The van der Waals surface area contributed by atoms with Crippen LogP contribution in [0.2, 0.25) is 0 Å². The topological polar surface area (TPSA) is 47.6 Å². The molecule has 1 N–H and O–H groups in total. The number of ether oxygens (including phenoxy) is 2. The number of rotatable bonds is 2. The number of nitrogens with one attached hydrogen (secondary N) is 1. The van der Waals surface area contributed by atoms with Crippen LogP contribution >= 0.6 is 0 Å². The zero-order valence-electron chi connectivity index (χ0n) is 11.1. The summed E-state index contributed by atoms with van der Waals surface area (Å²) in [4.78, 5) is 11.6. The highest BCUT2D eigenvalue weighted by molar-refractivity contribution is 5.90. The van der Waals surface area contributed by atoms with Crippen molar-refractivity contribution in [3.63, 3.8) is 0 Å². The standard InChI is InChI=1S/C14H19NO3/c1-9-6-11(14(16)17-3)7-12(10(9)2)13-8-15-4-5-18-13/h6-7,13,15H,4-5,8H2,1-3H3. The van der Waals surface area contributed by atoms with Crippen LogP contribution in [0, 0.1) is 13.8 Å². The molecule has 1 saturated heterocycles. The van der Waals surface area contributed by atoms with Crippen LogP contribution < -0.4 is 5.32 Å². The molecule has 0 aliphatic carbocycles. The fourth-order valence-electron chi connectivity index (χ4n) is 2.22. The quantitative estimate of drug-likeness (QED) is 0.811. The van der Waals surface area contributed by atoms with Crippen LogP contribution in [-0.2, 0) is 9.47 Å². The van der Waals surface area contributed by atoms with Crippen molar-refractivity contribution in [3.05, 3.63) is 34.4 Å². The lowest BCUT2D eigenvalue weighted by Crippen LogP contribution is -2.33. The highest BCUT2D eigenvalue weighted by Crippen LogP contribution is 2.26. The molecule has 0 radical (unpaired) electrons. The normalized spacial score (nSPS) is 19.6. The molecule has 0 bridgehead atoms. The SMILES string of the molecule is COC(=O)c1cc(C)c(C)c(C2CNCCO2)c1. The van der Waals surface area contributed by atoms with E-state index in [0.29, 0.717) is 12.2 Å². The number of carbonyl (C=O) groups is 1. The van der Waals surface area contributed by atoms with Gasteiger partial charge >= 0.3 is 5.97 Å². The summed E-state index contributed by atoms with van der Waals surface area (Å²) in [6.07, 6.45) is 0.0158. The minimum Gasteiger partial charge on any atom is -0.465 e. The van der Waals surface area contributed by atoms with E-state index in [-0.39, 0.29) is 12.1 Å². The summed E-state index contributed by atoms with van der Waals surface area (Å²) >= 11 is 0. The summed E-state index contributed by atoms with van der Waals surface area (Å²) in [6, 6.07) is 3.74. The molecule has 1 aromatic carbocycles. The van der Waals surface area contributed by atoms with Crippen LogP contribution in [0.4, 0.5) is 0 Å². The average Bonchev–Trinajstić information content (AvgIpc) is 2.41. The summed E-state index contributed by atoms with van der Waals surface area (Å²) in [5, 5.41) is 3.30. The van der Waals surface area contributed by atoms with E-state index in [1.807, 2.05) is 19.1 Å². The van der Waals surface area contributed by atoms with Crippen LogP contribution in [0.3, 0.4) is 0 Å². The Morgan fingerprint density at radius 3 is 2.83 bits per heavy atom. The maximum absolute atomic E-state index is 11.6. The zero-order chi connectivity index (χ0) is 13.1. The van der Waals surface area contributed by atoms with Gasteiger partial charge in [0.15, 0.2) is 0 Å². The third-order valence-corrected chi connectivity index (χ3v) is 3.40. The molecule has 1 heterocycles. The monoisotopic (exact) mass is 249 g/mol. The molecule has 1 aromatic rings. The van der Waals surface area contributed by atoms with E-state index >= 15 is 0 Å². The minimum atomic E-state index is -0.303. The molecule has 0 amide bonds. The number of hydrogen-bond donors (Lipinski definition) is 1. The molecular weight excluding hydrogens is 230 g/mol. The average molecular weight is 249 g/mol. The number of benzene rings is 1. The number of methoxy groups -OCH3 is 1. The predicted molar refractivity (Wildman–Crippen MR) is 68.8 cm³/mol. The first-order valence-corrected chi connectivity index (χ1v) is 6.15. The Morgan fingerprint density at radius 2 is 2.22 bits per heavy atom. The number of hydrogen-bond acceptors (Lipinski definition) is 4. The summed E-state index contributed by atoms with van der Waals surface area (Å²) in [5.41, 5.74) is 3.92. The molecule has 98 valence electrons. The second kappa shape index (κ2) is 5.50. The summed E-state index contributed by atoms with van der Waals surface area (Å²) in [7, 11) is 1.40. The van der Waals surface area contributed by atoms with Gasteiger partial charge in [-0.15, -0.1) is 0 Å². The number of morpholine rings is 1. The van der Waals surface area contributed by atoms with Gasteiger partial charge in [-0.2, -0.15) is 0 Å². The zero-order valence-corrected chi connectivity index (χ0v) is 11.1. The molecule has 1 unspecified atom stereocenters. The molecule has 4 heteroatoms. The lowest BCUT2D eigenvalue weighted by Gasteiger charge is -2.26. The van der Waals surface area contributed by atoms with Gasteiger partial charge in [0.2, 0.25) is 0 Å². The molecule has 18 heavy (non-hydrogen) atoms. The Bertz CT molecular complexity index is 451. The van der Waals surface area contributed by atoms with Crippen molar-refractivity contribution < 1.29 is 14.3 Å². The highest BCUT2D eigenvalue weighted by Gasteiger charge is 2.20.